The Morgan fingerprint density at radius 3 is 3.12 bits per heavy atom. The van der Waals surface area contributed by atoms with E-state index in [9.17, 15) is 4.79 Å². The van der Waals surface area contributed by atoms with Crippen molar-refractivity contribution in [3.8, 4) is 0 Å². The minimum atomic E-state index is 0.0482. The SMILES string of the molecule is CCC1OCCC1C(=O)Cc1cn(C)nn1. The fourth-order valence-corrected chi connectivity index (χ4v) is 2.21. The molecule has 1 fully saturated rings. The molecule has 16 heavy (non-hydrogen) atoms. The summed E-state index contributed by atoms with van der Waals surface area (Å²) in [5.74, 6) is 0.275. The van der Waals surface area contributed by atoms with Crippen LogP contribution in [-0.4, -0.2) is 33.5 Å². The average Bonchev–Trinajstić information content (AvgIpc) is 2.86. The molecule has 2 heterocycles. The Kier molecular flexibility index (Phi) is 3.33. The molecule has 5 nitrogen and oxygen atoms in total. The molecular formula is C11H17N3O2. The largest absolute Gasteiger partial charge is 0.377 e. The summed E-state index contributed by atoms with van der Waals surface area (Å²) in [6.07, 6.45) is 4.01. The van der Waals surface area contributed by atoms with E-state index in [1.54, 1.807) is 17.9 Å². The third-order valence-electron chi connectivity index (χ3n) is 3.03. The van der Waals surface area contributed by atoms with Crippen LogP contribution in [0.15, 0.2) is 6.20 Å². The van der Waals surface area contributed by atoms with E-state index in [1.807, 2.05) is 0 Å². The van der Waals surface area contributed by atoms with Crippen LogP contribution in [0, 0.1) is 5.92 Å². The van der Waals surface area contributed by atoms with Crippen molar-refractivity contribution in [2.75, 3.05) is 6.61 Å². The van der Waals surface area contributed by atoms with Gasteiger partial charge < -0.3 is 4.74 Å². The second-order valence-corrected chi connectivity index (χ2v) is 4.24. The molecule has 1 aromatic rings. The van der Waals surface area contributed by atoms with Gasteiger partial charge in [-0.25, -0.2) is 0 Å². The number of rotatable bonds is 4. The first-order valence-corrected chi connectivity index (χ1v) is 5.70. The van der Waals surface area contributed by atoms with Gasteiger partial charge in [0.1, 0.15) is 5.78 Å². The topological polar surface area (TPSA) is 57.0 Å². The third-order valence-corrected chi connectivity index (χ3v) is 3.03. The van der Waals surface area contributed by atoms with Crippen molar-refractivity contribution in [3.05, 3.63) is 11.9 Å². The van der Waals surface area contributed by atoms with Crippen LogP contribution in [0.2, 0.25) is 0 Å². The lowest BCUT2D eigenvalue weighted by Crippen LogP contribution is -2.25. The minimum absolute atomic E-state index is 0.0482. The Labute approximate surface area is 94.8 Å². The van der Waals surface area contributed by atoms with Crippen molar-refractivity contribution in [3.63, 3.8) is 0 Å². The van der Waals surface area contributed by atoms with Gasteiger partial charge in [0.25, 0.3) is 0 Å². The van der Waals surface area contributed by atoms with Gasteiger partial charge in [-0.05, 0) is 12.8 Å². The molecule has 2 rings (SSSR count). The van der Waals surface area contributed by atoms with Gasteiger partial charge in [-0.15, -0.1) is 5.10 Å². The number of nitrogens with zero attached hydrogens (tertiary/aromatic N) is 3. The molecular weight excluding hydrogens is 206 g/mol. The van der Waals surface area contributed by atoms with Gasteiger partial charge >= 0.3 is 0 Å². The molecule has 0 spiro atoms. The number of aromatic nitrogens is 3. The number of Topliss-reactive ketones (excluding diaryl/α,β-unsaturated/α-hetero) is 1. The van der Waals surface area contributed by atoms with E-state index in [1.165, 1.54) is 0 Å². The van der Waals surface area contributed by atoms with Crippen LogP contribution in [0.4, 0.5) is 0 Å². The standard InChI is InChI=1S/C11H17N3O2/c1-3-11-9(4-5-16-11)10(15)6-8-7-14(2)13-12-8/h7,9,11H,3-6H2,1-2H3. The van der Waals surface area contributed by atoms with Gasteiger partial charge in [0.2, 0.25) is 0 Å². The smallest absolute Gasteiger partial charge is 0.144 e. The predicted molar refractivity (Wildman–Crippen MR) is 57.9 cm³/mol. The Balaban J connectivity index is 1.97. The highest BCUT2D eigenvalue weighted by atomic mass is 16.5. The van der Waals surface area contributed by atoms with Gasteiger partial charge in [-0.3, -0.25) is 9.48 Å². The fraction of sp³-hybridized carbons (Fsp3) is 0.727. The predicted octanol–water partition coefficient (Wildman–Crippen LogP) is 0.742. The summed E-state index contributed by atoms with van der Waals surface area (Å²) in [5, 5.41) is 7.75. The van der Waals surface area contributed by atoms with Crippen molar-refractivity contribution in [2.24, 2.45) is 13.0 Å². The second kappa shape index (κ2) is 4.74. The van der Waals surface area contributed by atoms with Crippen LogP contribution >= 0.6 is 0 Å². The summed E-state index contributed by atoms with van der Waals surface area (Å²) in [6, 6.07) is 0. The van der Waals surface area contributed by atoms with Gasteiger partial charge in [0, 0.05) is 25.8 Å². The molecule has 88 valence electrons. The molecule has 0 N–H and O–H groups in total. The van der Waals surface area contributed by atoms with E-state index in [-0.39, 0.29) is 17.8 Å². The van der Waals surface area contributed by atoms with Crippen molar-refractivity contribution in [1.29, 1.82) is 0 Å². The van der Waals surface area contributed by atoms with Crippen LogP contribution in [0.1, 0.15) is 25.5 Å². The van der Waals surface area contributed by atoms with E-state index in [0.717, 1.165) is 18.5 Å². The van der Waals surface area contributed by atoms with Gasteiger partial charge in [0.05, 0.1) is 18.2 Å². The van der Waals surface area contributed by atoms with Crippen molar-refractivity contribution in [1.82, 2.24) is 15.0 Å². The van der Waals surface area contributed by atoms with Gasteiger partial charge in [0.15, 0.2) is 0 Å². The average molecular weight is 223 g/mol. The van der Waals surface area contributed by atoms with Gasteiger partial charge in [-0.2, -0.15) is 0 Å². The molecule has 5 heteroatoms. The van der Waals surface area contributed by atoms with Crippen LogP contribution in [0.3, 0.4) is 0 Å². The summed E-state index contributed by atoms with van der Waals surface area (Å²) >= 11 is 0. The van der Waals surface area contributed by atoms with Crippen LogP contribution < -0.4 is 0 Å². The monoisotopic (exact) mass is 223 g/mol. The second-order valence-electron chi connectivity index (χ2n) is 4.24. The zero-order valence-electron chi connectivity index (χ0n) is 9.72. The maximum absolute atomic E-state index is 12.0. The molecule has 1 saturated heterocycles. The quantitative estimate of drug-likeness (QED) is 0.755. The van der Waals surface area contributed by atoms with E-state index in [2.05, 4.69) is 17.2 Å². The highest BCUT2D eigenvalue weighted by Gasteiger charge is 2.32. The molecule has 1 aromatic heterocycles. The number of aryl methyl sites for hydroxylation is 1. The zero-order chi connectivity index (χ0) is 11.5. The van der Waals surface area contributed by atoms with Crippen LogP contribution in [0.5, 0.6) is 0 Å². The van der Waals surface area contributed by atoms with Crippen LogP contribution in [0.25, 0.3) is 0 Å². The maximum Gasteiger partial charge on any atom is 0.144 e. The number of hydrogen-bond acceptors (Lipinski definition) is 4. The first kappa shape index (κ1) is 11.3. The maximum atomic E-state index is 12.0. The highest BCUT2D eigenvalue weighted by molar-refractivity contribution is 5.83. The molecule has 0 bridgehead atoms. The summed E-state index contributed by atoms with van der Waals surface area (Å²) < 4.78 is 7.13. The third kappa shape index (κ3) is 2.29. The lowest BCUT2D eigenvalue weighted by molar-refractivity contribution is -0.123. The van der Waals surface area contributed by atoms with Gasteiger partial charge in [-0.1, -0.05) is 12.1 Å². The van der Waals surface area contributed by atoms with Crippen molar-refractivity contribution >= 4 is 5.78 Å². The Morgan fingerprint density at radius 2 is 2.50 bits per heavy atom. The summed E-state index contributed by atoms with van der Waals surface area (Å²) in [4.78, 5) is 12.0. The molecule has 0 saturated carbocycles. The fourth-order valence-electron chi connectivity index (χ4n) is 2.21. The molecule has 2 atom stereocenters. The Morgan fingerprint density at radius 1 is 1.69 bits per heavy atom. The molecule has 0 aromatic carbocycles. The Hall–Kier alpha value is -1.23. The molecule has 1 aliphatic heterocycles. The molecule has 0 amide bonds. The van der Waals surface area contributed by atoms with E-state index < -0.39 is 0 Å². The summed E-state index contributed by atoms with van der Waals surface area (Å²) in [6.45, 7) is 2.76. The van der Waals surface area contributed by atoms with Crippen molar-refractivity contribution in [2.45, 2.75) is 32.3 Å². The van der Waals surface area contributed by atoms with E-state index in [0.29, 0.717) is 13.0 Å². The molecule has 0 aliphatic carbocycles. The van der Waals surface area contributed by atoms with E-state index >= 15 is 0 Å². The molecule has 0 radical (unpaired) electrons. The number of carbonyl (C=O) groups excluding carboxylic acids is 1. The van der Waals surface area contributed by atoms with Crippen LogP contribution in [-0.2, 0) is 23.0 Å². The van der Waals surface area contributed by atoms with E-state index in [4.69, 9.17) is 4.74 Å². The zero-order valence-corrected chi connectivity index (χ0v) is 9.72. The number of carbonyl (C=O) groups is 1. The lowest BCUT2D eigenvalue weighted by Gasteiger charge is -2.14. The number of ether oxygens (including phenoxy) is 1. The summed E-state index contributed by atoms with van der Waals surface area (Å²) in [7, 11) is 1.80. The Bertz CT molecular complexity index is 375. The molecule has 1 aliphatic rings. The number of hydrogen-bond donors (Lipinski definition) is 0. The van der Waals surface area contributed by atoms with Crippen molar-refractivity contribution < 1.29 is 9.53 Å². The highest BCUT2D eigenvalue weighted by Crippen LogP contribution is 2.25. The number of ketones is 1. The summed E-state index contributed by atoms with van der Waals surface area (Å²) in [5.41, 5.74) is 0.745. The normalized spacial score (nSPS) is 24.9. The first-order valence-electron chi connectivity index (χ1n) is 5.70. The first-order chi connectivity index (χ1) is 7.70. The molecule has 2 unspecified atom stereocenters. The minimum Gasteiger partial charge on any atom is -0.377 e. The lowest BCUT2D eigenvalue weighted by atomic mass is 9.92.